The number of carbonyl (C=O) groups excluding carboxylic acids is 1. The summed E-state index contributed by atoms with van der Waals surface area (Å²) in [5, 5.41) is 3.23. The highest BCUT2D eigenvalue weighted by molar-refractivity contribution is 5.94. The lowest BCUT2D eigenvalue weighted by Gasteiger charge is -2.18. The average molecular weight is 249 g/mol. The lowest BCUT2D eigenvalue weighted by atomic mass is 10.2. The van der Waals surface area contributed by atoms with Crippen LogP contribution in [-0.2, 0) is 0 Å². The molecule has 0 saturated carbocycles. The predicted octanol–water partition coefficient (Wildman–Crippen LogP) is 2.78. The van der Waals surface area contributed by atoms with Crippen LogP contribution >= 0.6 is 0 Å². The second kappa shape index (κ2) is 7.69. The Morgan fingerprint density at radius 3 is 2.50 bits per heavy atom. The van der Waals surface area contributed by atoms with Gasteiger partial charge in [0.05, 0.1) is 5.56 Å². The van der Waals surface area contributed by atoms with Crippen LogP contribution in [0.1, 0.15) is 44.0 Å². The van der Waals surface area contributed by atoms with Crippen molar-refractivity contribution in [3.05, 3.63) is 23.9 Å². The van der Waals surface area contributed by atoms with Gasteiger partial charge in [-0.15, -0.1) is 0 Å². The Bertz CT molecular complexity index is 358. The number of unbranched alkanes of at least 4 members (excludes halogenated alkanes) is 1. The van der Waals surface area contributed by atoms with Crippen molar-refractivity contribution >= 4 is 11.7 Å². The zero-order chi connectivity index (χ0) is 13.4. The Morgan fingerprint density at radius 2 is 2.00 bits per heavy atom. The molecule has 1 aromatic rings. The molecule has 18 heavy (non-hydrogen) atoms. The molecule has 100 valence electrons. The van der Waals surface area contributed by atoms with Gasteiger partial charge in [0.15, 0.2) is 0 Å². The van der Waals surface area contributed by atoms with Gasteiger partial charge in [-0.2, -0.15) is 0 Å². The standard InChI is InChI=1S/C14H23N3O/c1-4-7-10-15-13-9-8-12(11-16-13)14(18)17(5-2)6-3/h8-9,11H,4-7,10H2,1-3H3,(H,15,16). The highest BCUT2D eigenvalue weighted by atomic mass is 16.2. The molecule has 0 atom stereocenters. The molecule has 0 bridgehead atoms. The van der Waals surface area contributed by atoms with Crippen LogP contribution in [0.3, 0.4) is 0 Å². The van der Waals surface area contributed by atoms with Gasteiger partial charge in [-0.1, -0.05) is 13.3 Å². The molecule has 1 aromatic heterocycles. The van der Waals surface area contributed by atoms with Crippen molar-refractivity contribution in [1.82, 2.24) is 9.88 Å². The minimum atomic E-state index is 0.0487. The molecule has 0 spiro atoms. The summed E-state index contributed by atoms with van der Waals surface area (Å²) < 4.78 is 0. The van der Waals surface area contributed by atoms with Crippen molar-refractivity contribution in [3.8, 4) is 0 Å². The van der Waals surface area contributed by atoms with Gasteiger partial charge in [0.1, 0.15) is 5.82 Å². The lowest BCUT2D eigenvalue weighted by Crippen LogP contribution is -2.30. The fourth-order valence-electron chi connectivity index (χ4n) is 1.71. The molecule has 0 unspecified atom stereocenters. The van der Waals surface area contributed by atoms with Gasteiger partial charge in [0.25, 0.3) is 5.91 Å². The summed E-state index contributed by atoms with van der Waals surface area (Å²) in [6.07, 6.45) is 3.93. The van der Waals surface area contributed by atoms with Crippen molar-refractivity contribution in [2.45, 2.75) is 33.6 Å². The molecule has 0 aliphatic rings. The number of hydrogen-bond donors (Lipinski definition) is 1. The van der Waals surface area contributed by atoms with Gasteiger partial charge in [-0.25, -0.2) is 4.98 Å². The maximum absolute atomic E-state index is 12.0. The molecule has 0 aliphatic heterocycles. The summed E-state index contributed by atoms with van der Waals surface area (Å²) in [5.41, 5.74) is 0.653. The molecule has 0 radical (unpaired) electrons. The third-order valence-corrected chi connectivity index (χ3v) is 2.90. The van der Waals surface area contributed by atoms with Crippen molar-refractivity contribution in [3.63, 3.8) is 0 Å². The third kappa shape index (κ3) is 4.02. The van der Waals surface area contributed by atoms with E-state index in [1.54, 1.807) is 11.1 Å². The van der Waals surface area contributed by atoms with Crippen LogP contribution < -0.4 is 5.32 Å². The summed E-state index contributed by atoms with van der Waals surface area (Å²) in [7, 11) is 0. The quantitative estimate of drug-likeness (QED) is 0.756. The summed E-state index contributed by atoms with van der Waals surface area (Å²) >= 11 is 0. The summed E-state index contributed by atoms with van der Waals surface area (Å²) in [5.74, 6) is 0.882. The number of hydrogen-bond acceptors (Lipinski definition) is 3. The lowest BCUT2D eigenvalue weighted by molar-refractivity contribution is 0.0772. The number of pyridine rings is 1. The largest absolute Gasteiger partial charge is 0.370 e. The zero-order valence-electron chi connectivity index (χ0n) is 11.6. The molecule has 1 rings (SSSR count). The van der Waals surface area contributed by atoms with Gasteiger partial charge >= 0.3 is 0 Å². The van der Waals surface area contributed by atoms with Crippen molar-refractivity contribution in [1.29, 1.82) is 0 Å². The fraction of sp³-hybridized carbons (Fsp3) is 0.571. The van der Waals surface area contributed by atoms with Gasteiger partial charge in [0, 0.05) is 25.8 Å². The normalized spacial score (nSPS) is 10.2. The van der Waals surface area contributed by atoms with Crippen LogP contribution in [0.15, 0.2) is 18.3 Å². The van der Waals surface area contributed by atoms with E-state index in [4.69, 9.17) is 0 Å². The van der Waals surface area contributed by atoms with Crippen LogP contribution in [0.2, 0.25) is 0 Å². The second-order valence-corrected chi connectivity index (χ2v) is 4.19. The molecule has 0 aliphatic carbocycles. The van der Waals surface area contributed by atoms with E-state index in [1.165, 1.54) is 0 Å². The van der Waals surface area contributed by atoms with E-state index in [0.717, 1.165) is 38.3 Å². The van der Waals surface area contributed by atoms with E-state index < -0.39 is 0 Å². The van der Waals surface area contributed by atoms with Gasteiger partial charge in [-0.3, -0.25) is 4.79 Å². The molecule has 0 saturated heterocycles. The van der Waals surface area contributed by atoms with E-state index in [0.29, 0.717) is 5.56 Å². The van der Waals surface area contributed by atoms with E-state index in [9.17, 15) is 4.79 Å². The first-order chi connectivity index (χ1) is 8.72. The molecule has 1 heterocycles. The molecule has 0 fully saturated rings. The van der Waals surface area contributed by atoms with Crippen LogP contribution in [0, 0.1) is 0 Å². The SMILES string of the molecule is CCCCNc1ccc(C(=O)N(CC)CC)cn1. The van der Waals surface area contributed by atoms with E-state index >= 15 is 0 Å². The van der Waals surface area contributed by atoms with E-state index in [2.05, 4.69) is 17.2 Å². The predicted molar refractivity (Wildman–Crippen MR) is 74.9 cm³/mol. The molecular formula is C14H23N3O. The zero-order valence-corrected chi connectivity index (χ0v) is 11.6. The van der Waals surface area contributed by atoms with Gasteiger partial charge < -0.3 is 10.2 Å². The van der Waals surface area contributed by atoms with Crippen LogP contribution in [0.4, 0.5) is 5.82 Å². The first-order valence-corrected chi connectivity index (χ1v) is 6.72. The molecule has 1 amide bonds. The fourth-order valence-corrected chi connectivity index (χ4v) is 1.71. The summed E-state index contributed by atoms with van der Waals surface area (Å²) in [6, 6.07) is 3.70. The van der Waals surface area contributed by atoms with Crippen LogP contribution in [0.25, 0.3) is 0 Å². The minimum Gasteiger partial charge on any atom is -0.370 e. The molecular weight excluding hydrogens is 226 g/mol. The first-order valence-electron chi connectivity index (χ1n) is 6.72. The maximum Gasteiger partial charge on any atom is 0.255 e. The third-order valence-electron chi connectivity index (χ3n) is 2.90. The monoisotopic (exact) mass is 249 g/mol. The van der Waals surface area contributed by atoms with Gasteiger partial charge in [-0.05, 0) is 32.4 Å². The van der Waals surface area contributed by atoms with Gasteiger partial charge in [0.2, 0.25) is 0 Å². The average Bonchev–Trinajstić information content (AvgIpc) is 2.41. The number of rotatable bonds is 7. The number of nitrogens with one attached hydrogen (secondary N) is 1. The Morgan fingerprint density at radius 1 is 1.28 bits per heavy atom. The maximum atomic E-state index is 12.0. The number of anilines is 1. The highest BCUT2D eigenvalue weighted by Gasteiger charge is 2.12. The summed E-state index contributed by atoms with van der Waals surface area (Å²) in [4.78, 5) is 18.1. The number of amides is 1. The topological polar surface area (TPSA) is 45.2 Å². The second-order valence-electron chi connectivity index (χ2n) is 4.19. The Labute approximate surface area is 109 Å². The Balaban J connectivity index is 2.61. The first kappa shape index (κ1) is 14.5. The molecule has 4 heteroatoms. The smallest absolute Gasteiger partial charge is 0.255 e. The number of nitrogens with zero attached hydrogens (tertiary/aromatic N) is 2. The van der Waals surface area contributed by atoms with Crippen LogP contribution in [-0.4, -0.2) is 35.4 Å². The van der Waals surface area contributed by atoms with E-state index in [-0.39, 0.29) is 5.91 Å². The summed E-state index contributed by atoms with van der Waals surface area (Å²) in [6.45, 7) is 8.50. The molecule has 1 N–H and O–H groups in total. The number of carbonyl (C=O) groups is 1. The number of aromatic nitrogens is 1. The molecule has 4 nitrogen and oxygen atoms in total. The minimum absolute atomic E-state index is 0.0487. The van der Waals surface area contributed by atoms with Crippen LogP contribution in [0.5, 0.6) is 0 Å². The van der Waals surface area contributed by atoms with Crippen molar-refractivity contribution in [2.75, 3.05) is 25.0 Å². The molecule has 0 aromatic carbocycles. The Hall–Kier alpha value is -1.58. The Kier molecular flexibility index (Phi) is 6.19. The van der Waals surface area contributed by atoms with E-state index in [1.807, 2.05) is 26.0 Å². The van der Waals surface area contributed by atoms with Crippen molar-refractivity contribution in [2.24, 2.45) is 0 Å². The highest BCUT2D eigenvalue weighted by Crippen LogP contribution is 2.08. The van der Waals surface area contributed by atoms with Crippen molar-refractivity contribution < 1.29 is 4.79 Å².